The molecular formula is C11H9ClF3N3O2S. The van der Waals surface area contributed by atoms with Crippen LogP contribution in [-0.2, 0) is 17.1 Å². The summed E-state index contributed by atoms with van der Waals surface area (Å²) in [5.74, 6) is -4.84. The second kappa shape index (κ2) is 5.23. The minimum atomic E-state index is -4.30. The molecule has 2 rings (SSSR count). The summed E-state index contributed by atoms with van der Waals surface area (Å²) in [5, 5.41) is 3.62. The van der Waals surface area contributed by atoms with Gasteiger partial charge in [0.25, 0.3) is 10.0 Å². The minimum absolute atomic E-state index is 0.0815. The Hall–Kier alpha value is -1.74. The van der Waals surface area contributed by atoms with Crippen molar-refractivity contribution in [1.29, 1.82) is 0 Å². The molecule has 0 unspecified atom stereocenters. The van der Waals surface area contributed by atoms with Gasteiger partial charge in [-0.1, -0.05) is 11.6 Å². The van der Waals surface area contributed by atoms with E-state index in [1.807, 2.05) is 4.72 Å². The molecule has 0 aliphatic rings. The number of nitrogens with zero attached hydrogens (tertiary/aromatic N) is 2. The number of aryl methyl sites for hydroxylation is 2. The highest BCUT2D eigenvalue weighted by molar-refractivity contribution is 7.92. The quantitative estimate of drug-likeness (QED) is 0.874. The molecule has 0 amide bonds. The zero-order valence-electron chi connectivity index (χ0n) is 10.8. The normalized spacial score (nSPS) is 11.7. The van der Waals surface area contributed by atoms with Crippen molar-refractivity contribution in [1.82, 2.24) is 9.78 Å². The lowest BCUT2D eigenvalue weighted by molar-refractivity contribution is 0.449. The number of hydrogen-bond acceptors (Lipinski definition) is 3. The van der Waals surface area contributed by atoms with Crippen molar-refractivity contribution in [2.75, 3.05) is 4.72 Å². The van der Waals surface area contributed by atoms with Crippen LogP contribution in [0, 0.1) is 24.4 Å². The van der Waals surface area contributed by atoms with Gasteiger partial charge >= 0.3 is 0 Å². The maximum atomic E-state index is 13.5. The van der Waals surface area contributed by atoms with Crippen molar-refractivity contribution in [3.05, 3.63) is 40.4 Å². The van der Waals surface area contributed by atoms with Crippen LogP contribution in [-0.4, -0.2) is 18.2 Å². The van der Waals surface area contributed by atoms with Gasteiger partial charge in [-0.05, 0) is 19.1 Å². The van der Waals surface area contributed by atoms with Crippen molar-refractivity contribution >= 4 is 27.3 Å². The molecule has 2 aromatic rings. The third-order valence-corrected chi connectivity index (χ3v) is 4.71. The van der Waals surface area contributed by atoms with E-state index in [0.717, 1.165) is 10.7 Å². The largest absolute Gasteiger partial charge is 0.276 e. The highest BCUT2D eigenvalue weighted by Crippen LogP contribution is 2.28. The van der Waals surface area contributed by atoms with Gasteiger partial charge in [0.05, 0.1) is 11.4 Å². The van der Waals surface area contributed by atoms with Crippen LogP contribution < -0.4 is 4.72 Å². The Bertz CT molecular complexity index is 821. The molecule has 0 atom stereocenters. The average molecular weight is 340 g/mol. The maximum absolute atomic E-state index is 13.5. The van der Waals surface area contributed by atoms with Crippen LogP contribution in [0.15, 0.2) is 17.0 Å². The third kappa shape index (κ3) is 2.70. The fourth-order valence-electron chi connectivity index (χ4n) is 1.72. The van der Waals surface area contributed by atoms with Gasteiger partial charge in [0.2, 0.25) is 0 Å². The predicted octanol–water partition coefficient (Wildman–Crippen LogP) is 2.60. The Morgan fingerprint density at radius 3 is 2.38 bits per heavy atom. The summed E-state index contributed by atoms with van der Waals surface area (Å²) in [6, 6.07) is 1.37. The molecule has 10 heteroatoms. The summed E-state index contributed by atoms with van der Waals surface area (Å²) < 4.78 is 66.7. The van der Waals surface area contributed by atoms with Gasteiger partial charge in [-0.15, -0.1) is 0 Å². The first-order valence-electron chi connectivity index (χ1n) is 5.50. The van der Waals surface area contributed by atoms with Gasteiger partial charge in [0, 0.05) is 7.05 Å². The number of halogens is 4. The van der Waals surface area contributed by atoms with Crippen LogP contribution in [0.1, 0.15) is 5.69 Å². The summed E-state index contributed by atoms with van der Waals surface area (Å²) >= 11 is 5.81. The molecule has 0 spiro atoms. The van der Waals surface area contributed by atoms with Crippen LogP contribution in [0.25, 0.3) is 0 Å². The smallest absolute Gasteiger partial charge is 0.266 e. The zero-order chi connectivity index (χ0) is 15.9. The highest BCUT2D eigenvalue weighted by Gasteiger charge is 2.27. The Balaban J connectivity index is 2.50. The van der Waals surface area contributed by atoms with Gasteiger partial charge in [-0.25, -0.2) is 21.6 Å². The molecule has 0 aliphatic carbocycles. The standard InChI is InChI=1S/C11H9ClF3N3O2S/c1-5-10(11(12)18(2)16-5)21(19,20)17-7-4-3-6(13)8(14)9(7)15/h3-4,17H,1-2H3. The van der Waals surface area contributed by atoms with E-state index in [2.05, 4.69) is 5.10 Å². The fourth-order valence-corrected chi connectivity index (χ4v) is 3.53. The first-order chi connectivity index (χ1) is 9.65. The number of hydrogen-bond donors (Lipinski definition) is 1. The lowest BCUT2D eigenvalue weighted by Crippen LogP contribution is -2.15. The molecule has 1 aromatic heterocycles. The van der Waals surface area contributed by atoms with Gasteiger partial charge in [0.15, 0.2) is 17.5 Å². The van der Waals surface area contributed by atoms with Crippen molar-refractivity contribution in [3.8, 4) is 0 Å². The fraction of sp³-hybridized carbons (Fsp3) is 0.182. The van der Waals surface area contributed by atoms with E-state index >= 15 is 0 Å². The minimum Gasteiger partial charge on any atom is -0.276 e. The Morgan fingerprint density at radius 1 is 1.24 bits per heavy atom. The lowest BCUT2D eigenvalue weighted by Gasteiger charge is -2.09. The van der Waals surface area contributed by atoms with E-state index in [1.54, 1.807) is 0 Å². The van der Waals surface area contributed by atoms with Gasteiger partial charge < -0.3 is 0 Å². The second-order valence-corrected chi connectivity index (χ2v) is 6.13. The third-order valence-electron chi connectivity index (χ3n) is 2.65. The van der Waals surface area contributed by atoms with Crippen LogP contribution in [0.4, 0.5) is 18.9 Å². The summed E-state index contributed by atoms with van der Waals surface area (Å²) in [7, 11) is -2.88. The molecule has 1 heterocycles. The molecule has 0 radical (unpaired) electrons. The molecule has 0 saturated carbocycles. The molecule has 0 bridgehead atoms. The zero-order valence-corrected chi connectivity index (χ0v) is 12.4. The number of anilines is 1. The van der Waals surface area contributed by atoms with Crippen molar-refractivity contribution in [3.63, 3.8) is 0 Å². The molecular weight excluding hydrogens is 331 g/mol. The summed E-state index contributed by atoms with van der Waals surface area (Å²) in [6.45, 7) is 1.39. The van der Waals surface area contributed by atoms with Crippen molar-refractivity contribution in [2.24, 2.45) is 7.05 Å². The number of nitrogens with one attached hydrogen (secondary N) is 1. The highest BCUT2D eigenvalue weighted by atomic mass is 35.5. The first-order valence-corrected chi connectivity index (χ1v) is 7.36. The molecule has 114 valence electrons. The lowest BCUT2D eigenvalue weighted by atomic mass is 10.3. The van der Waals surface area contributed by atoms with E-state index in [0.29, 0.717) is 6.07 Å². The SMILES string of the molecule is Cc1nn(C)c(Cl)c1S(=O)(=O)Nc1ccc(F)c(F)c1F. The number of sulfonamides is 1. The van der Waals surface area contributed by atoms with E-state index in [1.165, 1.54) is 14.0 Å². The molecule has 1 aromatic carbocycles. The van der Waals surface area contributed by atoms with E-state index in [4.69, 9.17) is 11.6 Å². The van der Waals surface area contributed by atoms with Gasteiger partial charge in [-0.2, -0.15) is 5.10 Å². The van der Waals surface area contributed by atoms with Crippen LogP contribution >= 0.6 is 11.6 Å². The maximum Gasteiger partial charge on any atom is 0.266 e. The molecule has 1 N–H and O–H groups in total. The molecule has 0 aliphatic heterocycles. The molecule has 21 heavy (non-hydrogen) atoms. The molecule has 0 fully saturated rings. The monoisotopic (exact) mass is 339 g/mol. The summed E-state index contributed by atoms with van der Waals surface area (Å²) in [4.78, 5) is -0.365. The number of rotatable bonds is 3. The molecule has 5 nitrogen and oxygen atoms in total. The van der Waals surface area contributed by atoms with E-state index in [-0.39, 0.29) is 15.7 Å². The summed E-state index contributed by atoms with van der Waals surface area (Å²) in [6.07, 6.45) is 0. The van der Waals surface area contributed by atoms with E-state index < -0.39 is 33.2 Å². The van der Waals surface area contributed by atoms with Crippen LogP contribution in [0.3, 0.4) is 0 Å². The Labute approximate surface area is 123 Å². The average Bonchev–Trinajstić information content (AvgIpc) is 2.64. The number of aromatic nitrogens is 2. The van der Waals surface area contributed by atoms with Crippen molar-refractivity contribution in [2.45, 2.75) is 11.8 Å². The topological polar surface area (TPSA) is 64.0 Å². The van der Waals surface area contributed by atoms with Gasteiger partial charge in [0.1, 0.15) is 10.0 Å². The van der Waals surface area contributed by atoms with Crippen LogP contribution in [0.5, 0.6) is 0 Å². The Kier molecular flexibility index (Phi) is 3.89. The van der Waals surface area contributed by atoms with E-state index in [9.17, 15) is 21.6 Å². The van der Waals surface area contributed by atoms with Crippen LogP contribution in [0.2, 0.25) is 5.15 Å². The van der Waals surface area contributed by atoms with Gasteiger partial charge in [-0.3, -0.25) is 9.40 Å². The first kappa shape index (κ1) is 15.6. The Morgan fingerprint density at radius 2 is 1.86 bits per heavy atom. The predicted molar refractivity (Wildman–Crippen MR) is 70.1 cm³/mol. The molecule has 0 saturated heterocycles. The summed E-state index contributed by atoms with van der Waals surface area (Å²) in [5.41, 5.74) is -0.647. The number of benzene rings is 1. The van der Waals surface area contributed by atoms with Crippen molar-refractivity contribution < 1.29 is 21.6 Å². The second-order valence-electron chi connectivity index (χ2n) is 4.16.